The molecule has 1 aliphatic heterocycles. The van der Waals surface area contributed by atoms with Gasteiger partial charge in [0.05, 0.1) is 0 Å². The van der Waals surface area contributed by atoms with Crippen LogP contribution in [0.4, 0.5) is 0 Å². The van der Waals surface area contributed by atoms with Crippen LogP contribution in [0, 0.1) is 5.92 Å². The lowest BCUT2D eigenvalue weighted by molar-refractivity contribution is 0.195. The Morgan fingerprint density at radius 3 is 2.35 bits per heavy atom. The van der Waals surface area contributed by atoms with Gasteiger partial charge in [-0.15, -0.1) is 0 Å². The maximum atomic E-state index is 3.84. The summed E-state index contributed by atoms with van der Waals surface area (Å²) in [6.45, 7) is 8.67. The molecule has 1 saturated carbocycles. The first-order valence-corrected chi connectivity index (χ1v) is 7.72. The van der Waals surface area contributed by atoms with Gasteiger partial charge in [-0.2, -0.15) is 0 Å². The normalized spacial score (nSPS) is 33.5. The fourth-order valence-corrected chi connectivity index (χ4v) is 3.41. The number of rotatable bonds is 4. The molecule has 0 aromatic carbocycles. The van der Waals surface area contributed by atoms with Gasteiger partial charge in [0, 0.05) is 18.6 Å². The molecule has 2 rings (SSSR count). The zero-order valence-electron chi connectivity index (χ0n) is 11.8. The second-order valence-corrected chi connectivity index (χ2v) is 6.39. The van der Waals surface area contributed by atoms with Gasteiger partial charge in [-0.3, -0.25) is 0 Å². The average Bonchev–Trinajstić information content (AvgIpc) is 2.33. The van der Waals surface area contributed by atoms with Crippen LogP contribution in [-0.4, -0.2) is 36.6 Å². The minimum atomic E-state index is 0.673. The zero-order valence-corrected chi connectivity index (χ0v) is 11.8. The maximum absolute atomic E-state index is 3.84. The molecule has 1 heterocycles. The predicted octanol–water partition coefficient (Wildman–Crippen LogP) is 3.03. The Kier molecular flexibility index (Phi) is 5.30. The van der Waals surface area contributed by atoms with Gasteiger partial charge in [0.15, 0.2) is 0 Å². The standard InChI is InChI=1S/C15H30N2/c1-13-6-8-15(9-7-13)16-14(2)12-17-10-4-3-5-11-17/h13-16H,3-12H2,1-2H3. The summed E-state index contributed by atoms with van der Waals surface area (Å²) in [6.07, 6.45) is 9.90. The van der Waals surface area contributed by atoms with Gasteiger partial charge in [-0.05, 0) is 64.5 Å². The van der Waals surface area contributed by atoms with Gasteiger partial charge in [0.2, 0.25) is 0 Å². The number of nitrogens with one attached hydrogen (secondary N) is 1. The van der Waals surface area contributed by atoms with Gasteiger partial charge < -0.3 is 10.2 Å². The van der Waals surface area contributed by atoms with Crippen molar-refractivity contribution >= 4 is 0 Å². The second kappa shape index (κ2) is 6.75. The van der Waals surface area contributed by atoms with E-state index < -0.39 is 0 Å². The van der Waals surface area contributed by atoms with Crippen LogP contribution < -0.4 is 5.32 Å². The van der Waals surface area contributed by atoms with Crippen molar-refractivity contribution in [2.75, 3.05) is 19.6 Å². The highest BCUT2D eigenvalue weighted by atomic mass is 15.2. The Morgan fingerprint density at radius 1 is 1.06 bits per heavy atom. The van der Waals surface area contributed by atoms with Gasteiger partial charge in [-0.25, -0.2) is 0 Å². The van der Waals surface area contributed by atoms with E-state index in [0.29, 0.717) is 6.04 Å². The molecule has 0 aromatic rings. The monoisotopic (exact) mass is 238 g/mol. The number of hydrogen-bond acceptors (Lipinski definition) is 2. The molecule has 1 atom stereocenters. The molecule has 1 unspecified atom stereocenters. The van der Waals surface area contributed by atoms with E-state index in [1.165, 1.54) is 64.6 Å². The van der Waals surface area contributed by atoms with Crippen molar-refractivity contribution in [3.8, 4) is 0 Å². The molecule has 2 fully saturated rings. The minimum absolute atomic E-state index is 0.673. The second-order valence-electron chi connectivity index (χ2n) is 6.39. The Labute approximate surface area is 107 Å². The lowest BCUT2D eigenvalue weighted by atomic mass is 9.87. The maximum Gasteiger partial charge on any atom is 0.0169 e. The third kappa shape index (κ3) is 4.59. The summed E-state index contributed by atoms with van der Waals surface area (Å²) in [6, 6.07) is 1.47. The van der Waals surface area contributed by atoms with Gasteiger partial charge in [-0.1, -0.05) is 13.3 Å². The summed E-state index contributed by atoms with van der Waals surface area (Å²) >= 11 is 0. The van der Waals surface area contributed by atoms with E-state index in [1.54, 1.807) is 0 Å². The number of hydrogen-bond donors (Lipinski definition) is 1. The van der Waals surface area contributed by atoms with E-state index in [1.807, 2.05) is 0 Å². The van der Waals surface area contributed by atoms with Crippen molar-refractivity contribution in [2.45, 2.75) is 70.9 Å². The molecule has 1 aliphatic carbocycles. The molecule has 0 amide bonds. The molecule has 2 nitrogen and oxygen atoms in total. The highest BCUT2D eigenvalue weighted by Crippen LogP contribution is 2.23. The summed E-state index contributed by atoms with van der Waals surface area (Å²) < 4.78 is 0. The number of likely N-dealkylation sites (tertiary alicyclic amines) is 1. The van der Waals surface area contributed by atoms with Crippen LogP contribution in [0.3, 0.4) is 0 Å². The summed E-state index contributed by atoms with van der Waals surface area (Å²) in [5, 5.41) is 3.84. The van der Waals surface area contributed by atoms with Crippen molar-refractivity contribution in [1.29, 1.82) is 0 Å². The fourth-order valence-electron chi connectivity index (χ4n) is 3.41. The smallest absolute Gasteiger partial charge is 0.0169 e. The summed E-state index contributed by atoms with van der Waals surface area (Å²) in [7, 11) is 0. The summed E-state index contributed by atoms with van der Waals surface area (Å²) in [5.74, 6) is 0.963. The molecule has 0 bridgehead atoms. The van der Waals surface area contributed by atoms with Crippen LogP contribution in [0.5, 0.6) is 0 Å². The fraction of sp³-hybridized carbons (Fsp3) is 1.00. The first-order valence-electron chi connectivity index (χ1n) is 7.72. The quantitative estimate of drug-likeness (QED) is 0.810. The van der Waals surface area contributed by atoms with E-state index in [9.17, 15) is 0 Å². The van der Waals surface area contributed by atoms with Crippen LogP contribution in [0.15, 0.2) is 0 Å². The van der Waals surface area contributed by atoms with Gasteiger partial charge in [0.1, 0.15) is 0 Å². The topological polar surface area (TPSA) is 15.3 Å². The third-order valence-corrected chi connectivity index (χ3v) is 4.52. The lowest BCUT2D eigenvalue weighted by Gasteiger charge is -2.33. The van der Waals surface area contributed by atoms with Crippen molar-refractivity contribution in [2.24, 2.45) is 5.92 Å². The van der Waals surface area contributed by atoms with E-state index in [0.717, 1.165) is 12.0 Å². The molecule has 17 heavy (non-hydrogen) atoms. The predicted molar refractivity (Wildman–Crippen MR) is 74.3 cm³/mol. The van der Waals surface area contributed by atoms with Crippen molar-refractivity contribution in [1.82, 2.24) is 10.2 Å². The lowest BCUT2D eigenvalue weighted by Crippen LogP contribution is -2.46. The van der Waals surface area contributed by atoms with Crippen LogP contribution in [0.2, 0.25) is 0 Å². The van der Waals surface area contributed by atoms with E-state index in [4.69, 9.17) is 0 Å². The van der Waals surface area contributed by atoms with Crippen LogP contribution in [0.25, 0.3) is 0 Å². The van der Waals surface area contributed by atoms with E-state index in [-0.39, 0.29) is 0 Å². The van der Waals surface area contributed by atoms with Crippen LogP contribution in [-0.2, 0) is 0 Å². The van der Waals surface area contributed by atoms with Crippen LogP contribution in [0.1, 0.15) is 58.8 Å². The SMILES string of the molecule is CC1CCC(NC(C)CN2CCCCC2)CC1. The first-order chi connectivity index (χ1) is 8.24. The molecule has 2 heteroatoms. The van der Waals surface area contributed by atoms with E-state index >= 15 is 0 Å². The molecule has 1 N–H and O–H groups in total. The Balaban J connectivity index is 1.64. The Hall–Kier alpha value is -0.0800. The Morgan fingerprint density at radius 2 is 1.71 bits per heavy atom. The molecule has 100 valence electrons. The number of piperidine rings is 1. The molecule has 0 aromatic heterocycles. The van der Waals surface area contributed by atoms with Gasteiger partial charge in [0.25, 0.3) is 0 Å². The first kappa shape index (κ1) is 13.4. The summed E-state index contributed by atoms with van der Waals surface area (Å²) in [4.78, 5) is 2.65. The molecule has 2 aliphatic rings. The molecule has 1 saturated heterocycles. The Bertz CT molecular complexity index is 203. The largest absolute Gasteiger partial charge is 0.310 e. The zero-order chi connectivity index (χ0) is 12.1. The van der Waals surface area contributed by atoms with Gasteiger partial charge >= 0.3 is 0 Å². The van der Waals surface area contributed by atoms with E-state index in [2.05, 4.69) is 24.1 Å². The third-order valence-electron chi connectivity index (χ3n) is 4.52. The number of nitrogens with zero attached hydrogens (tertiary/aromatic N) is 1. The van der Waals surface area contributed by atoms with Crippen molar-refractivity contribution in [3.63, 3.8) is 0 Å². The van der Waals surface area contributed by atoms with Crippen molar-refractivity contribution in [3.05, 3.63) is 0 Å². The highest BCUT2D eigenvalue weighted by molar-refractivity contribution is 4.79. The molecule has 0 spiro atoms. The molecular formula is C15H30N2. The molecule has 0 radical (unpaired) electrons. The average molecular weight is 238 g/mol. The summed E-state index contributed by atoms with van der Waals surface area (Å²) in [5.41, 5.74) is 0. The molecular weight excluding hydrogens is 208 g/mol. The minimum Gasteiger partial charge on any atom is -0.310 e. The van der Waals surface area contributed by atoms with Crippen molar-refractivity contribution < 1.29 is 0 Å². The highest BCUT2D eigenvalue weighted by Gasteiger charge is 2.20. The van der Waals surface area contributed by atoms with Crippen LogP contribution >= 0.6 is 0 Å².